The van der Waals surface area contributed by atoms with Crippen LogP contribution >= 0.6 is 0 Å². The van der Waals surface area contributed by atoms with E-state index in [4.69, 9.17) is 9.47 Å². The second-order valence-corrected chi connectivity index (χ2v) is 7.65. The molecule has 0 saturated heterocycles. The molecule has 2 bridgehead atoms. The van der Waals surface area contributed by atoms with Gasteiger partial charge in [0.25, 0.3) is 5.91 Å². The lowest BCUT2D eigenvalue weighted by molar-refractivity contribution is -0.123. The number of hydrogen-bond donors (Lipinski definition) is 2. The summed E-state index contributed by atoms with van der Waals surface area (Å²) in [7, 11) is 0. The Kier molecular flexibility index (Phi) is 5.89. The minimum absolute atomic E-state index is 0.279. The Hall–Kier alpha value is -3.79. The van der Waals surface area contributed by atoms with Crippen molar-refractivity contribution >= 4 is 11.8 Å². The molecule has 2 N–H and O–H groups in total. The molecular formula is C24H23N3O4. The maximum Gasteiger partial charge on any atom is 0.255 e. The summed E-state index contributed by atoms with van der Waals surface area (Å²) >= 11 is 0. The van der Waals surface area contributed by atoms with Gasteiger partial charge in [0.15, 0.2) is 0 Å². The van der Waals surface area contributed by atoms with Crippen molar-refractivity contribution in [2.75, 3.05) is 13.2 Å². The maximum atomic E-state index is 13.0. The van der Waals surface area contributed by atoms with Crippen LogP contribution in [0.5, 0.6) is 11.5 Å². The third-order valence-electron chi connectivity index (χ3n) is 5.29. The summed E-state index contributed by atoms with van der Waals surface area (Å²) in [5.41, 5.74) is 0.387. The SMILES string of the molecule is N#CC1(NC(=O)[C@@H]2Cc3ccc(cc3)OCC=CCOc3ccccc3C(=O)N2)CC1. The van der Waals surface area contributed by atoms with Gasteiger partial charge < -0.3 is 20.1 Å². The number of rotatable bonds is 2. The number of nitriles is 1. The van der Waals surface area contributed by atoms with E-state index in [9.17, 15) is 14.9 Å². The van der Waals surface area contributed by atoms with E-state index in [0.717, 1.165) is 5.56 Å². The molecule has 2 heterocycles. The molecule has 2 aromatic rings. The average Bonchev–Trinajstić information content (AvgIpc) is 3.56. The fourth-order valence-electron chi connectivity index (χ4n) is 3.31. The van der Waals surface area contributed by atoms with Crippen molar-refractivity contribution in [2.24, 2.45) is 0 Å². The smallest absolute Gasteiger partial charge is 0.255 e. The van der Waals surface area contributed by atoms with Gasteiger partial charge in [0, 0.05) is 6.42 Å². The number of para-hydroxylation sites is 1. The molecule has 5 rings (SSSR count). The van der Waals surface area contributed by atoms with Crippen LogP contribution in [0.2, 0.25) is 0 Å². The van der Waals surface area contributed by atoms with Crippen LogP contribution in [0.3, 0.4) is 0 Å². The van der Waals surface area contributed by atoms with Crippen LogP contribution in [-0.2, 0) is 11.2 Å². The van der Waals surface area contributed by atoms with E-state index >= 15 is 0 Å². The summed E-state index contributed by atoms with van der Waals surface area (Å²) in [5.74, 6) is 0.345. The van der Waals surface area contributed by atoms with Gasteiger partial charge in [0.2, 0.25) is 5.91 Å². The Balaban J connectivity index is 1.62. The van der Waals surface area contributed by atoms with Gasteiger partial charge in [-0.3, -0.25) is 9.59 Å². The van der Waals surface area contributed by atoms with E-state index in [-0.39, 0.29) is 18.9 Å². The highest BCUT2D eigenvalue weighted by Crippen LogP contribution is 2.34. The Labute approximate surface area is 180 Å². The first-order valence-electron chi connectivity index (χ1n) is 10.2. The zero-order chi connectivity index (χ0) is 21.7. The van der Waals surface area contributed by atoms with Crippen LogP contribution in [0.1, 0.15) is 28.8 Å². The fraction of sp³-hybridized carbons (Fsp3) is 0.292. The molecule has 0 spiro atoms. The molecule has 2 amide bonds. The highest BCUT2D eigenvalue weighted by Gasteiger charge is 2.45. The Bertz CT molecular complexity index is 1040. The monoisotopic (exact) mass is 417 g/mol. The third kappa shape index (κ3) is 5.04. The molecule has 158 valence electrons. The molecule has 0 aromatic heterocycles. The summed E-state index contributed by atoms with van der Waals surface area (Å²) in [6.07, 6.45) is 5.19. The van der Waals surface area contributed by atoms with Crippen molar-refractivity contribution in [2.45, 2.75) is 30.8 Å². The van der Waals surface area contributed by atoms with Gasteiger partial charge in [0.05, 0.1) is 11.6 Å². The summed E-state index contributed by atoms with van der Waals surface area (Å²) in [5, 5.41) is 15.0. The third-order valence-corrected chi connectivity index (χ3v) is 5.29. The molecular weight excluding hydrogens is 394 g/mol. The second-order valence-electron chi connectivity index (χ2n) is 7.65. The van der Waals surface area contributed by atoms with Crippen molar-refractivity contribution in [1.29, 1.82) is 5.26 Å². The number of nitrogens with zero attached hydrogens (tertiary/aromatic N) is 1. The molecule has 1 saturated carbocycles. The summed E-state index contributed by atoms with van der Waals surface area (Å²) < 4.78 is 11.4. The van der Waals surface area contributed by atoms with Crippen LogP contribution in [0.25, 0.3) is 0 Å². The molecule has 1 atom stereocenters. The molecule has 3 aliphatic rings. The van der Waals surface area contributed by atoms with Gasteiger partial charge in [-0.2, -0.15) is 5.26 Å². The van der Waals surface area contributed by atoms with E-state index < -0.39 is 17.5 Å². The van der Waals surface area contributed by atoms with Crippen molar-refractivity contribution in [3.63, 3.8) is 0 Å². The van der Waals surface area contributed by atoms with E-state index in [1.807, 2.05) is 36.4 Å². The number of benzene rings is 2. The summed E-state index contributed by atoms with van der Waals surface area (Å²) in [4.78, 5) is 26.0. The number of hydrogen-bond acceptors (Lipinski definition) is 5. The molecule has 7 heteroatoms. The average molecular weight is 417 g/mol. The Morgan fingerprint density at radius 2 is 1.77 bits per heavy atom. The van der Waals surface area contributed by atoms with Crippen LogP contribution in [-0.4, -0.2) is 36.6 Å². The molecule has 1 fully saturated rings. The van der Waals surface area contributed by atoms with Crippen molar-refractivity contribution in [1.82, 2.24) is 10.6 Å². The highest BCUT2D eigenvalue weighted by atomic mass is 16.5. The molecule has 2 aromatic carbocycles. The quantitative estimate of drug-likeness (QED) is 0.732. The number of amides is 2. The zero-order valence-corrected chi connectivity index (χ0v) is 17.0. The summed E-state index contributed by atoms with van der Waals surface area (Å²) in [6, 6.07) is 15.6. The molecule has 31 heavy (non-hydrogen) atoms. The first-order chi connectivity index (χ1) is 15.1. The number of fused-ring (bicyclic) bond motifs is 9. The topological polar surface area (TPSA) is 100 Å². The Morgan fingerprint density at radius 3 is 2.48 bits per heavy atom. The number of nitrogens with one attached hydrogen (secondary N) is 2. The van der Waals surface area contributed by atoms with Crippen LogP contribution in [0, 0.1) is 11.3 Å². The van der Waals surface area contributed by atoms with Gasteiger partial charge in [0.1, 0.15) is 36.3 Å². The lowest BCUT2D eigenvalue weighted by Crippen LogP contribution is -2.51. The van der Waals surface area contributed by atoms with Crippen molar-refractivity contribution in [3.8, 4) is 17.6 Å². The first kappa shape index (κ1) is 20.5. The molecule has 1 aliphatic carbocycles. The largest absolute Gasteiger partial charge is 0.490 e. The van der Waals surface area contributed by atoms with Crippen molar-refractivity contribution in [3.05, 3.63) is 71.8 Å². The molecule has 2 aliphatic heterocycles. The standard InChI is InChI=1S/C24H23N3O4/c25-16-24(11-12-24)27-23(29)20-15-17-7-9-18(10-8-17)30-13-3-4-14-31-21-6-2-1-5-19(21)22(28)26-20/h1-10,20H,11-15H2,(H,26,28)(H,27,29)/t20-/m0/s1. The van der Waals surface area contributed by atoms with Crippen molar-refractivity contribution < 1.29 is 19.1 Å². The van der Waals surface area contributed by atoms with Crippen LogP contribution in [0.4, 0.5) is 0 Å². The first-order valence-corrected chi connectivity index (χ1v) is 10.2. The molecule has 0 radical (unpaired) electrons. The maximum absolute atomic E-state index is 13.0. The fourth-order valence-corrected chi connectivity index (χ4v) is 3.31. The number of ether oxygens (including phenoxy) is 2. The minimum atomic E-state index is -0.842. The van der Waals surface area contributed by atoms with Crippen LogP contribution in [0.15, 0.2) is 60.7 Å². The van der Waals surface area contributed by atoms with E-state index in [1.54, 1.807) is 24.3 Å². The summed E-state index contributed by atoms with van der Waals surface area (Å²) in [6.45, 7) is 0.674. The van der Waals surface area contributed by atoms with E-state index in [1.165, 1.54) is 0 Å². The highest BCUT2D eigenvalue weighted by molar-refractivity contribution is 5.99. The van der Waals surface area contributed by atoms with Crippen LogP contribution < -0.4 is 20.1 Å². The van der Waals surface area contributed by atoms with E-state index in [2.05, 4.69) is 16.7 Å². The Morgan fingerprint density at radius 1 is 1.06 bits per heavy atom. The molecule has 0 unspecified atom stereocenters. The predicted molar refractivity (Wildman–Crippen MR) is 114 cm³/mol. The lowest BCUT2D eigenvalue weighted by atomic mass is 10.0. The number of carbonyl (C=O) groups is 2. The second kappa shape index (κ2) is 8.92. The van der Waals surface area contributed by atoms with Gasteiger partial charge >= 0.3 is 0 Å². The van der Waals surface area contributed by atoms with E-state index in [0.29, 0.717) is 36.5 Å². The zero-order valence-electron chi connectivity index (χ0n) is 17.0. The normalized spacial score (nSPS) is 19.7. The predicted octanol–water partition coefficient (Wildman–Crippen LogP) is 2.53. The molecule has 7 nitrogen and oxygen atoms in total. The van der Waals surface area contributed by atoms with Gasteiger partial charge in [-0.05, 0) is 54.8 Å². The minimum Gasteiger partial charge on any atom is -0.490 e. The van der Waals surface area contributed by atoms with Gasteiger partial charge in [-0.25, -0.2) is 0 Å². The van der Waals surface area contributed by atoms with Gasteiger partial charge in [-0.1, -0.05) is 24.3 Å². The van der Waals surface area contributed by atoms with Gasteiger partial charge in [-0.15, -0.1) is 0 Å². The number of carbonyl (C=O) groups excluding carboxylic acids is 2. The lowest BCUT2D eigenvalue weighted by Gasteiger charge is -2.21.